The van der Waals surface area contributed by atoms with Gasteiger partial charge in [-0.1, -0.05) is 35.0 Å². The number of amides is 2. The lowest BCUT2D eigenvalue weighted by Gasteiger charge is -2.21. The molecule has 1 spiro atoms. The highest BCUT2D eigenvalue weighted by Gasteiger charge is 2.59. The van der Waals surface area contributed by atoms with E-state index in [1.807, 2.05) is 19.1 Å². The Labute approximate surface area is 143 Å². The lowest BCUT2D eigenvalue weighted by Crippen LogP contribution is -2.41. The van der Waals surface area contributed by atoms with Gasteiger partial charge in [-0.3, -0.25) is 9.59 Å². The lowest BCUT2D eigenvalue weighted by atomic mass is 9.79. The van der Waals surface area contributed by atoms with E-state index < -0.39 is 5.41 Å². The van der Waals surface area contributed by atoms with Crippen LogP contribution in [0.5, 0.6) is 0 Å². The fraction of sp³-hybridized carbons (Fsp3) is 0.211. The van der Waals surface area contributed by atoms with Crippen LogP contribution < -0.4 is 4.90 Å². The van der Waals surface area contributed by atoms with Crippen LogP contribution in [0, 0.1) is 18.2 Å². The molecule has 5 nitrogen and oxygen atoms in total. The Morgan fingerprint density at radius 2 is 1.76 bits per heavy atom. The number of anilines is 1. The highest BCUT2D eigenvalue weighted by atomic mass is 19.1. The van der Waals surface area contributed by atoms with Gasteiger partial charge in [0, 0.05) is 5.56 Å². The van der Waals surface area contributed by atoms with Gasteiger partial charge in [0.25, 0.3) is 0 Å². The number of imide groups is 1. The summed E-state index contributed by atoms with van der Waals surface area (Å²) < 4.78 is 13.2. The number of halogens is 1. The first kappa shape index (κ1) is 15.5. The zero-order chi connectivity index (χ0) is 17.6. The third-order valence-electron chi connectivity index (χ3n) is 4.64. The number of benzene rings is 2. The average Bonchev–Trinajstić information content (AvgIpc) is 3.12. The number of hydrogen-bond acceptors (Lipinski definition) is 4. The summed E-state index contributed by atoms with van der Waals surface area (Å²) in [5.41, 5.74) is 1.37. The third kappa shape index (κ3) is 2.33. The summed E-state index contributed by atoms with van der Waals surface area (Å²) in [6.45, 7) is 1.94. The monoisotopic (exact) mass is 338 g/mol. The van der Waals surface area contributed by atoms with Crippen molar-refractivity contribution in [2.45, 2.75) is 13.3 Å². The largest absolute Gasteiger partial charge is 0.394 e. The van der Waals surface area contributed by atoms with Crippen molar-refractivity contribution in [1.29, 1.82) is 0 Å². The first-order valence-corrected chi connectivity index (χ1v) is 7.92. The predicted molar refractivity (Wildman–Crippen MR) is 89.6 cm³/mol. The molecule has 1 saturated heterocycles. The second kappa shape index (κ2) is 5.51. The maximum Gasteiger partial charge on any atom is 0.250 e. The maximum absolute atomic E-state index is 13.2. The van der Waals surface area contributed by atoms with Crippen molar-refractivity contribution >= 4 is 23.2 Å². The second-order valence-electron chi connectivity index (χ2n) is 6.35. The molecule has 4 rings (SSSR count). The van der Waals surface area contributed by atoms with Crippen molar-refractivity contribution in [1.82, 2.24) is 0 Å². The number of carbonyl (C=O) groups is 2. The first-order chi connectivity index (χ1) is 12.0. The smallest absolute Gasteiger partial charge is 0.250 e. The van der Waals surface area contributed by atoms with Crippen LogP contribution in [0.1, 0.15) is 17.5 Å². The molecule has 126 valence electrons. The van der Waals surface area contributed by atoms with Crippen LogP contribution in [-0.4, -0.2) is 24.1 Å². The molecule has 2 aliphatic rings. The molecule has 1 atom stereocenters. The van der Waals surface area contributed by atoms with Gasteiger partial charge in [0.1, 0.15) is 23.6 Å². The summed E-state index contributed by atoms with van der Waals surface area (Å²) in [7, 11) is 0. The van der Waals surface area contributed by atoms with E-state index in [1.165, 1.54) is 29.2 Å². The van der Waals surface area contributed by atoms with E-state index in [0.29, 0.717) is 17.0 Å². The number of hydrogen-bond donors (Lipinski definition) is 0. The molecule has 2 aromatic rings. The molecule has 0 saturated carbocycles. The Kier molecular flexibility index (Phi) is 3.42. The van der Waals surface area contributed by atoms with Crippen LogP contribution in [0.25, 0.3) is 0 Å². The van der Waals surface area contributed by atoms with Crippen molar-refractivity contribution < 1.29 is 18.8 Å². The molecule has 1 unspecified atom stereocenters. The van der Waals surface area contributed by atoms with Gasteiger partial charge in [-0.05, 0) is 31.2 Å². The van der Waals surface area contributed by atoms with Crippen molar-refractivity contribution in [3.63, 3.8) is 0 Å². The Morgan fingerprint density at radius 3 is 2.44 bits per heavy atom. The summed E-state index contributed by atoms with van der Waals surface area (Å²) in [6, 6.07) is 12.9. The number of carbonyl (C=O) groups excluding carboxylic acids is 2. The van der Waals surface area contributed by atoms with Gasteiger partial charge in [0.2, 0.25) is 11.8 Å². The molecule has 25 heavy (non-hydrogen) atoms. The highest BCUT2D eigenvalue weighted by molar-refractivity contribution is 6.33. The molecule has 2 heterocycles. The number of rotatable bonds is 2. The molecule has 2 amide bonds. The summed E-state index contributed by atoms with van der Waals surface area (Å²) >= 11 is 0. The molecule has 6 heteroatoms. The van der Waals surface area contributed by atoms with E-state index in [1.54, 1.807) is 12.1 Å². The van der Waals surface area contributed by atoms with Gasteiger partial charge in [0.15, 0.2) is 0 Å². The van der Waals surface area contributed by atoms with Crippen LogP contribution in [0.3, 0.4) is 0 Å². The number of nitrogens with zero attached hydrogens (tertiary/aromatic N) is 2. The Balaban J connectivity index is 1.74. The fourth-order valence-electron chi connectivity index (χ4n) is 3.29. The molecule has 2 aromatic carbocycles. The molecule has 0 aromatic heterocycles. The van der Waals surface area contributed by atoms with Crippen LogP contribution >= 0.6 is 0 Å². The van der Waals surface area contributed by atoms with Gasteiger partial charge < -0.3 is 4.84 Å². The molecular weight excluding hydrogens is 323 g/mol. The van der Waals surface area contributed by atoms with Crippen LogP contribution in [0.15, 0.2) is 53.7 Å². The lowest BCUT2D eigenvalue weighted by molar-refractivity contribution is -0.124. The Bertz CT molecular complexity index is 890. The predicted octanol–water partition coefficient (Wildman–Crippen LogP) is 2.82. The van der Waals surface area contributed by atoms with E-state index in [2.05, 4.69) is 5.16 Å². The van der Waals surface area contributed by atoms with Crippen molar-refractivity contribution in [2.24, 2.45) is 10.6 Å². The van der Waals surface area contributed by atoms with Crippen LogP contribution in [0.4, 0.5) is 10.1 Å². The first-order valence-electron chi connectivity index (χ1n) is 7.92. The summed E-state index contributed by atoms with van der Waals surface area (Å²) in [6.07, 6.45) is -0.0179. The molecule has 0 radical (unpaired) electrons. The zero-order valence-corrected chi connectivity index (χ0v) is 13.5. The number of aryl methyl sites for hydroxylation is 1. The summed E-state index contributed by atoms with van der Waals surface area (Å²) in [5, 5.41) is 3.99. The molecule has 0 N–H and O–H groups in total. The molecular formula is C19H15FN2O3. The quantitative estimate of drug-likeness (QED) is 0.791. The molecule has 0 bridgehead atoms. The average molecular weight is 338 g/mol. The normalized spacial score (nSPS) is 22.5. The summed E-state index contributed by atoms with van der Waals surface area (Å²) in [4.78, 5) is 32.1. The molecule has 2 aliphatic heterocycles. The standard InChI is InChI=1S/C19H15FN2O3/c1-12-2-8-15(9-3-12)22-16(23)10-19(18(22)24)11-25-21-17(19)13-4-6-14(20)7-5-13/h2-9H,10-11H2,1H3. The third-order valence-corrected chi connectivity index (χ3v) is 4.64. The van der Waals surface area contributed by atoms with Crippen LogP contribution in [-0.2, 0) is 14.4 Å². The van der Waals surface area contributed by atoms with E-state index in [0.717, 1.165) is 5.56 Å². The van der Waals surface area contributed by atoms with E-state index >= 15 is 0 Å². The highest BCUT2D eigenvalue weighted by Crippen LogP contribution is 2.42. The summed E-state index contributed by atoms with van der Waals surface area (Å²) in [5.74, 6) is -1.04. The van der Waals surface area contributed by atoms with Gasteiger partial charge in [-0.2, -0.15) is 0 Å². The fourth-order valence-corrected chi connectivity index (χ4v) is 3.29. The van der Waals surface area contributed by atoms with Gasteiger partial charge in [0.05, 0.1) is 12.1 Å². The topological polar surface area (TPSA) is 59.0 Å². The molecule has 0 aliphatic carbocycles. The SMILES string of the molecule is Cc1ccc(N2C(=O)CC3(CON=C3c3ccc(F)cc3)C2=O)cc1. The zero-order valence-electron chi connectivity index (χ0n) is 13.5. The maximum atomic E-state index is 13.2. The van der Waals surface area contributed by atoms with Gasteiger partial charge in [-0.15, -0.1) is 0 Å². The minimum atomic E-state index is -1.15. The Morgan fingerprint density at radius 1 is 1.08 bits per heavy atom. The van der Waals surface area contributed by atoms with Gasteiger partial charge in [-0.25, -0.2) is 9.29 Å². The molecule has 1 fully saturated rings. The number of oxime groups is 1. The van der Waals surface area contributed by atoms with Crippen molar-refractivity contribution in [3.05, 3.63) is 65.5 Å². The van der Waals surface area contributed by atoms with E-state index in [-0.39, 0.29) is 30.7 Å². The van der Waals surface area contributed by atoms with Crippen molar-refractivity contribution in [3.8, 4) is 0 Å². The van der Waals surface area contributed by atoms with Crippen LogP contribution in [0.2, 0.25) is 0 Å². The minimum absolute atomic E-state index is 0.00659. The van der Waals surface area contributed by atoms with Crippen molar-refractivity contribution in [2.75, 3.05) is 11.5 Å². The van der Waals surface area contributed by atoms with E-state index in [4.69, 9.17) is 4.84 Å². The van der Waals surface area contributed by atoms with Gasteiger partial charge >= 0.3 is 0 Å². The second-order valence-corrected chi connectivity index (χ2v) is 6.35. The van der Waals surface area contributed by atoms with E-state index in [9.17, 15) is 14.0 Å². The Hall–Kier alpha value is -3.02. The minimum Gasteiger partial charge on any atom is -0.394 e.